The lowest BCUT2D eigenvalue weighted by atomic mass is 10.1. The Hall–Kier alpha value is -1.59. The predicted molar refractivity (Wildman–Crippen MR) is 93.3 cm³/mol. The highest BCUT2D eigenvalue weighted by atomic mass is 35.5. The second kappa shape index (κ2) is 9.53. The molecule has 2 amide bonds. The van der Waals surface area contributed by atoms with Crippen molar-refractivity contribution in [1.29, 1.82) is 0 Å². The monoisotopic (exact) mass is 339 g/mol. The zero-order valence-electron chi connectivity index (χ0n) is 13.8. The Balaban J connectivity index is 0.00000264. The van der Waals surface area contributed by atoms with Gasteiger partial charge in [0.15, 0.2) is 0 Å². The molecule has 1 aromatic carbocycles. The number of hydrogen-bond acceptors (Lipinski definition) is 3. The van der Waals surface area contributed by atoms with Crippen molar-refractivity contribution in [2.45, 2.75) is 32.9 Å². The standard InChI is InChI=1S/C17H25N3O2.ClH/c1-13(10-18-2)17(22)19-11-14-5-3-6-15(9-14)12-20-8-4-7-16(20)21;/h3,5-6,9,13,18H,4,7-8,10-12H2,1-2H3,(H,19,22);1H. The van der Waals surface area contributed by atoms with E-state index in [1.165, 1.54) is 0 Å². The van der Waals surface area contributed by atoms with Crippen LogP contribution < -0.4 is 10.6 Å². The van der Waals surface area contributed by atoms with E-state index in [0.717, 1.165) is 24.1 Å². The number of hydrogen-bond donors (Lipinski definition) is 2. The summed E-state index contributed by atoms with van der Waals surface area (Å²) in [5.41, 5.74) is 2.18. The van der Waals surface area contributed by atoms with Crippen LogP contribution in [0.1, 0.15) is 30.9 Å². The van der Waals surface area contributed by atoms with Crippen LogP contribution >= 0.6 is 12.4 Å². The first-order chi connectivity index (χ1) is 10.6. The van der Waals surface area contributed by atoms with E-state index in [-0.39, 0.29) is 30.1 Å². The lowest BCUT2D eigenvalue weighted by Crippen LogP contribution is -2.33. The third-order valence-electron chi connectivity index (χ3n) is 3.96. The molecule has 1 aliphatic heterocycles. The molecular weight excluding hydrogens is 314 g/mol. The number of likely N-dealkylation sites (tertiary alicyclic amines) is 1. The number of nitrogens with one attached hydrogen (secondary N) is 2. The van der Waals surface area contributed by atoms with Gasteiger partial charge in [-0.15, -0.1) is 12.4 Å². The Morgan fingerprint density at radius 1 is 1.35 bits per heavy atom. The van der Waals surface area contributed by atoms with E-state index in [2.05, 4.69) is 16.7 Å². The summed E-state index contributed by atoms with van der Waals surface area (Å²) in [5.74, 6) is 0.240. The second-order valence-corrected chi connectivity index (χ2v) is 5.92. The molecule has 1 aliphatic rings. The van der Waals surface area contributed by atoms with Gasteiger partial charge in [-0.25, -0.2) is 0 Å². The first-order valence-corrected chi connectivity index (χ1v) is 7.88. The van der Waals surface area contributed by atoms with Crippen molar-refractivity contribution >= 4 is 24.2 Å². The average molecular weight is 340 g/mol. The summed E-state index contributed by atoms with van der Waals surface area (Å²) in [6.45, 7) is 4.61. The minimum Gasteiger partial charge on any atom is -0.352 e. The molecule has 2 N–H and O–H groups in total. The Bertz CT molecular complexity index is 536. The molecule has 0 spiro atoms. The maximum Gasteiger partial charge on any atom is 0.224 e. The molecule has 1 atom stereocenters. The first-order valence-electron chi connectivity index (χ1n) is 7.88. The third kappa shape index (κ3) is 5.84. The smallest absolute Gasteiger partial charge is 0.224 e. The van der Waals surface area contributed by atoms with Crippen LogP contribution in [0.2, 0.25) is 0 Å². The highest BCUT2D eigenvalue weighted by Crippen LogP contribution is 2.15. The maximum atomic E-state index is 11.9. The number of amides is 2. The van der Waals surface area contributed by atoms with Crippen molar-refractivity contribution in [3.05, 3.63) is 35.4 Å². The van der Waals surface area contributed by atoms with Gasteiger partial charge in [0.1, 0.15) is 0 Å². The fourth-order valence-corrected chi connectivity index (χ4v) is 2.69. The van der Waals surface area contributed by atoms with E-state index in [0.29, 0.717) is 26.1 Å². The van der Waals surface area contributed by atoms with E-state index < -0.39 is 0 Å². The van der Waals surface area contributed by atoms with Crippen LogP contribution in [0.4, 0.5) is 0 Å². The Morgan fingerprint density at radius 2 is 2.09 bits per heavy atom. The molecule has 0 aliphatic carbocycles. The van der Waals surface area contributed by atoms with Crippen LogP contribution in [0.15, 0.2) is 24.3 Å². The molecule has 1 fully saturated rings. The molecule has 5 nitrogen and oxygen atoms in total. The minimum atomic E-state index is -0.0459. The van der Waals surface area contributed by atoms with Crippen LogP contribution in [0, 0.1) is 5.92 Å². The molecule has 0 radical (unpaired) electrons. The number of benzene rings is 1. The molecular formula is C17H26ClN3O2. The van der Waals surface area contributed by atoms with Crippen LogP contribution in [0.25, 0.3) is 0 Å². The van der Waals surface area contributed by atoms with E-state index in [1.54, 1.807) is 0 Å². The maximum absolute atomic E-state index is 11.9. The van der Waals surface area contributed by atoms with Crippen molar-refractivity contribution in [2.24, 2.45) is 5.92 Å². The highest BCUT2D eigenvalue weighted by molar-refractivity contribution is 5.85. The average Bonchev–Trinajstić information content (AvgIpc) is 2.90. The molecule has 1 unspecified atom stereocenters. The van der Waals surface area contributed by atoms with Gasteiger partial charge in [-0.05, 0) is 24.6 Å². The number of carbonyl (C=O) groups is 2. The zero-order valence-corrected chi connectivity index (χ0v) is 14.6. The van der Waals surface area contributed by atoms with Crippen molar-refractivity contribution in [1.82, 2.24) is 15.5 Å². The lowest BCUT2D eigenvalue weighted by molar-refractivity contribution is -0.128. The van der Waals surface area contributed by atoms with Gasteiger partial charge in [-0.3, -0.25) is 9.59 Å². The largest absolute Gasteiger partial charge is 0.352 e. The third-order valence-corrected chi connectivity index (χ3v) is 3.96. The summed E-state index contributed by atoms with van der Waals surface area (Å²) in [4.78, 5) is 25.5. The fourth-order valence-electron chi connectivity index (χ4n) is 2.69. The normalized spacial score (nSPS) is 15.2. The van der Waals surface area contributed by atoms with Gasteiger partial charge in [0.25, 0.3) is 0 Å². The SMILES string of the molecule is CNCC(C)C(=O)NCc1cccc(CN2CCCC2=O)c1.Cl. The summed E-state index contributed by atoms with van der Waals surface area (Å²) in [6.07, 6.45) is 1.62. The van der Waals surface area contributed by atoms with E-state index in [1.807, 2.05) is 37.1 Å². The second-order valence-electron chi connectivity index (χ2n) is 5.92. The first kappa shape index (κ1) is 19.5. The van der Waals surface area contributed by atoms with E-state index in [4.69, 9.17) is 0 Å². The lowest BCUT2D eigenvalue weighted by Gasteiger charge is -2.16. The molecule has 128 valence electrons. The topological polar surface area (TPSA) is 61.4 Å². The van der Waals surface area contributed by atoms with Gasteiger partial charge in [0.2, 0.25) is 11.8 Å². The molecule has 2 rings (SSSR count). The highest BCUT2D eigenvalue weighted by Gasteiger charge is 2.20. The fraction of sp³-hybridized carbons (Fsp3) is 0.529. The minimum absolute atomic E-state index is 0. The summed E-state index contributed by atoms with van der Waals surface area (Å²) < 4.78 is 0. The molecule has 0 saturated carbocycles. The van der Waals surface area contributed by atoms with Crippen molar-refractivity contribution in [2.75, 3.05) is 20.1 Å². The summed E-state index contributed by atoms with van der Waals surface area (Å²) in [7, 11) is 1.84. The summed E-state index contributed by atoms with van der Waals surface area (Å²) in [5, 5.41) is 5.96. The molecule has 1 saturated heterocycles. The molecule has 1 aromatic rings. The zero-order chi connectivity index (χ0) is 15.9. The van der Waals surface area contributed by atoms with Gasteiger partial charge >= 0.3 is 0 Å². The Morgan fingerprint density at radius 3 is 2.74 bits per heavy atom. The van der Waals surface area contributed by atoms with Gasteiger partial charge in [-0.1, -0.05) is 31.2 Å². The summed E-state index contributed by atoms with van der Waals surface area (Å²) in [6, 6.07) is 8.07. The molecule has 0 aromatic heterocycles. The number of nitrogens with zero attached hydrogens (tertiary/aromatic N) is 1. The van der Waals surface area contributed by atoms with E-state index >= 15 is 0 Å². The van der Waals surface area contributed by atoms with Gasteiger partial charge in [-0.2, -0.15) is 0 Å². The van der Waals surface area contributed by atoms with Crippen molar-refractivity contribution in [3.63, 3.8) is 0 Å². The van der Waals surface area contributed by atoms with Crippen LogP contribution in [-0.4, -0.2) is 36.9 Å². The number of halogens is 1. The van der Waals surface area contributed by atoms with Gasteiger partial charge in [0, 0.05) is 38.5 Å². The molecule has 1 heterocycles. The van der Waals surface area contributed by atoms with Crippen LogP contribution in [0.3, 0.4) is 0 Å². The molecule has 23 heavy (non-hydrogen) atoms. The van der Waals surface area contributed by atoms with Crippen LogP contribution in [0.5, 0.6) is 0 Å². The molecule has 6 heteroatoms. The number of rotatable bonds is 7. The predicted octanol–water partition coefficient (Wildman–Crippen LogP) is 1.70. The number of carbonyl (C=O) groups excluding carboxylic acids is 2. The van der Waals surface area contributed by atoms with Crippen LogP contribution in [-0.2, 0) is 22.7 Å². The van der Waals surface area contributed by atoms with Gasteiger partial charge < -0.3 is 15.5 Å². The molecule has 0 bridgehead atoms. The van der Waals surface area contributed by atoms with E-state index in [9.17, 15) is 9.59 Å². The Labute approximate surface area is 144 Å². The Kier molecular flexibility index (Phi) is 8.06. The summed E-state index contributed by atoms with van der Waals surface area (Å²) >= 11 is 0. The van der Waals surface area contributed by atoms with Gasteiger partial charge in [0.05, 0.1) is 0 Å². The quantitative estimate of drug-likeness (QED) is 0.795. The van der Waals surface area contributed by atoms with Crippen molar-refractivity contribution in [3.8, 4) is 0 Å². The van der Waals surface area contributed by atoms with Crippen molar-refractivity contribution < 1.29 is 9.59 Å².